The number of nitrogens with two attached hydrogens (primary N) is 1. The molecule has 1 heterocycles. The molecule has 1 fully saturated rings. The van der Waals surface area contributed by atoms with E-state index in [-0.39, 0.29) is 5.41 Å². The summed E-state index contributed by atoms with van der Waals surface area (Å²) in [6, 6.07) is 0. The van der Waals surface area contributed by atoms with Gasteiger partial charge in [0.25, 0.3) is 0 Å². The van der Waals surface area contributed by atoms with Gasteiger partial charge in [0.2, 0.25) is 10.0 Å². The zero-order valence-corrected chi connectivity index (χ0v) is 12.8. The molecule has 0 amide bonds. The van der Waals surface area contributed by atoms with Crippen molar-refractivity contribution in [2.75, 3.05) is 25.9 Å². The van der Waals surface area contributed by atoms with Gasteiger partial charge in [-0.15, -0.1) is 0 Å². The summed E-state index contributed by atoms with van der Waals surface area (Å²) in [6.45, 7) is 6.44. The van der Waals surface area contributed by atoms with Gasteiger partial charge in [-0.2, -0.15) is 0 Å². The molecule has 0 spiro atoms. The van der Waals surface area contributed by atoms with Crippen LogP contribution in [0, 0.1) is 11.3 Å². The SMILES string of the molecule is CCC(CC)(CN)CC1CCCN(S(C)(=O)=O)C1. The van der Waals surface area contributed by atoms with Crippen LogP contribution >= 0.6 is 0 Å². The molecule has 1 atom stereocenters. The van der Waals surface area contributed by atoms with Gasteiger partial charge in [0.05, 0.1) is 6.26 Å². The van der Waals surface area contributed by atoms with Gasteiger partial charge in [-0.3, -0.25) is 0 Å². The summed E-state index contributed by atoms with van der Waals surface area (Å²) in [5, 5.41) is 0. The summed E-state index contributed by atoms with van der Waals surface area (Å²) >= 11 is 0. The van der Waals surface area contributed by atoms with Crippen molar-refractivity contribution in [3.63, 3.8) is 0 Å². The predicted octanol–water partition coefficient (Wildman–Crippen LogP) is 1.81. The molecule has 1 aliphatic heterocycles. The summed E-state index contributed by atoms with van der Waals surface area (Å²) in [7, 11) is -3.03. The van der Waals surface area contributed by atoms with Crippen LogP contribution in [0.4, 0.5) is 0 Å². The normalized spacial score (nSPS) is 23.2. The Morgan fingerprint density at radius 1 is 1.33 bits per heavy atom. The van der Waals surface area contributed by atoms with Crippen molar-refractivity contribution in [2.24, 2.45) is 17.1 Å². The number of nitrogens with zero attached hydrogens (tertiary/aromatic N) is 1. The van der Waals surface area contributed by atoms with E-state index in [1.807, 2.05) is 0 Å². The first-order chi connectivity index (χ1) is 8.37. The fourth-order valence-corrected chi connectivity index (χ4v) is 3.96. The standard InChI is InChI=1S/C13H28N2O2S/c1-4-13(5-2,11-14)9-12-7-6-8-15(10-12)18(3,16)17/h12H,4-11,14H2,1-3H3. The van der Waals surface area contributed by atoms with Crippen molar-refractivity contribution in [2.45, 2.75) is 46.0 Å². The van der Waals surface area contributed by atoms with Gasteiger partial charge in [0.1, 0.15) is 0 Å². The number of hydrogen-bond donors (Lipinski definition) is 1. The first-order valence-corrected chi connectivity index (χ1v) is 8.87. The van der Waals surface area contributed by atoms with Crippen LogP contribution in [0.15, 0.2) is 0 Å². The van der Waals surface area contributed by atoms with E-state index < -0.39 is 10.0 Å². The van der Waals surface area contributed by atoms with E-state index in [0.717, 1.165) is 32.1 Å². The third kappa shape index (κ3) is 3.93. The van der Waals surface area contributed by atoms with Crippen molar-refractivity contribution in [1.82, 2.24) is 4.31 Å². The van der Waals surface area contributed by atoms with Gasteiger partial charge >= 0.3 is 0 Å². The molecule has 0 aliphatic carbocycles. The van der Waals surface area contributed by atoms with Crippen LogP contribution in [0.25, 0.3) is 0 Å². The van der Waals surface area contributed by atoms with Crippen LogP contribution in [-0.2, 0) is 10.0 Å². The Labute approximate surface area is 112 Å². The molecule has 1 saturated heterocycles. The van der Waals surface area contributed by atoms with E-state index in [1.165, 1.54) is 6.26 Å². The Balaban J connectivity index is 2.67. The van der Waals surface area contributed by atoms with E-state index >= 15 is 0 Å². The first-order valence-electron chi connectivity index (χ1n) is 7.02. The molecule has 4 nitrogen and oxygen atoms in total. The number of sulfonamides is 1. The largest absolute Gasteiger partial charge is 0.330 e. The molecule has 0 saturated carbocycles. The predicted molar refractivity (Wildman–Crippen MR) is 75.8 cm³/mol. The molecular weight excluding hydrogens is 248 g/mol. The second-order valence-corrected chi connectivity index (χ2v) is 7.73. The third-order valence-corrected chi connectivity index (χ3v) is 5.88. The molecule has 0 radical (unpaired) electrons. The van der Waals surface area contributed by atoms with Crippen LogP contribution in [0.2, 0.25) is 0 Å². The molecule has 2 N–H and O–H groups in total. The molecule has 1 rings (SSSR count). The molecule has 5 heteroatoms. The zero-order chi connectivity index (χ0) is 13.8. The molecule has 18 heavy (non-hydrogen) atoms. The van der Waals surface area contributed by atoms with Gasteiger partial charge in [-0.1, -0.05) is 13.8 Å². The topological polar surface area (TPSA) is 63.4 Å². The average Bonchev–Trinajstić information content (AvgIpc) is 2.35. The minimum absolute atomic E-state index is 0.200. The second-order valence-electron chi connectivity index (χ2n) is 5.74. The highest BCUT2D eigenvalue weighted by atomic mass is 32.2. The molecule has 1 aliphatic rings. The summed E-state index contributed by atoms with van der Waals surface area (Å²) in [5.41, 5.74) is 6.13. The van der Waals surface area contributed by atoms with Crippen LogP contribution in [-0.4, -0.2) is 38.6 Å². The quantitative estimate of drug-likeness (QED) is 0.805. The van der Waals surface area contributed by atoms with Crippen LogP contribution in [0.1, 0.15) is 46.0 Å². The first kappa shape index (κ1) is 15.9. The third-order valence-electron chi connectivity index (χ3n) is 4.61. The molecular formula is C13H28N2O2S. The Bertz CT molecular complexity index is 342. The van der Waals surface area contributed by atoms with E-state index in [9.17, 15) is 8.42 Å². The second kappa shape index (κ2) is 6.35. The lowest BCUT2D eigenvalue weighted by molar-refractivity contribution is 0.157. The molecule has 0 bridgehead atoms. The minimum atomic E-state index is -3.03. The maximum atomic E-state index is 11.6. The summed E-state index contributed by atoms with van der Waals surface area (Å²) in [4.78, 5) is 0. The van der Waals surface area contributed by atoms with Crippen molar-refractivity contribution in [3.05, 3.63) is 0 Å². The Hall–Kier alpha value is -0.130. The Kier molecular flexibility index (Phi) is 5.62. The Morgan fingerprint density at radius 2 is 1.94 bits per heavy atom. The van der Waals surface area contributed by atoms with Crippen LogP contribution in [0.5, 0.6) is 0 Å². The fraction of sp³-hybridized carbons (Fsp3) is 1.00. The summed E-state index contributed by atoms with van der Waals surface area (Å²) < 4.78 is 24.8. The number of rotatable bonds is 6. The average molecular weight is 276 g/mol. The molecule has 0 aromatic carbocycles. The van der Waals surface area contributed by atoms with Gasteiger partial charge < -0.3 is 5.73 Å². The monoisotopic (exact) mass is 276 g/mol. The zero-order valence-electron chi connectivity index (χ0n) is 12.0. The van der Waals surface area contributed by atoms with Crippen molar-refractivity contribution >= 4 is 10.0 Å². The lowest BCUT2D eigenvalue weighted by Crippen LogP contribution is -2.42. The van der Waals surface area contributed by atoms with E-state index in [2.05, 4.69) is 13.8 Å². The van der Waals surface area contributed by atoms with E-state index in [0.29, 0.717) is 25.6 Å². The Morgan fingerprint density at radius 3 is 2.39 bits per heavy atom. The maximum Gasteiger partial charge on any atom is 0.211 e. The molecule has 0 aromatic heterocycles. The summed E-state index contributed by atoms with van der Waals surface area (Å²) in [6.07, 6.45) is 6.64. The highest BCUT2D eigenvalue weighted by molar-refractivity contribution is 7.88. The smallest absolute Gasteiger partial charge is 0.211 e. The molecule has 0 aromatic rings. The molecule has 108 valence electrons. The van der Waals surface area contributed by atoms with Gasteiger partial charge in [0, 0.05) is 13.1 Å². The fourth-order valence-electron chi connectivity index (χ4n) is 3.02. The highest BCUT2D eigenvalue weighted by Gasteiger charge is 2.32. The van der Waals surface area contributed by atoms with Gasteiger partial charge in [-0.25, -0.2) is 12.7 Å². The van der Waals surface area contributed by atoms with Gasteiger partial charge in [0.15, 0.2) is 0 Å². The maximum absolute atomic E-state index is 11.6. The van der Waals surface area contributed by atoms with Gasteiger partial charge in [-0.05, 0) is 50.0 Å². The van der Waals surface area contributed by atoms with Crippen molar-refractivity contribution in [3.8, 4) is 0 Å². The minimum Gasteiger partial charge on any atom is -0.330 e. The molecule has 1 unspecified atom stereocenters. The van der Waals surface area contributed by atoms with Crippen molar-refractivity contribution in [1.29, 1.82) is 0 Å². The van der Waals surface area contributed by atoms with Crippen molar-refractivity contribution < 1.29 is 8.42 Å². The number of hydrogen-bond acceptors (Lipinski definition) is 3. The number of piperidine rings is 1. The highest BCUT2D eigenvalue weighted by Crippen LogP contribution is 2.36. The van der Waals surface area contributed by atoms with E-state index in [4.69, 9.17) is 5.73 Å². The van der Waals surface area contributed by atoms with Crippen LogP contribution in [0.3, 0.4) is 0 Å². The lowest BCUT2D eigenvalue weighted by Gasteiger charge is -2.38. The summed E-state index contributed by atoms with van der Waals surface area (Å²) in [5.74, 6) is 0.469. The lowest BCUT2D eigenvalue weighted by atomic mass is 9.73. The van der Waals surface area contributed by atoms with E-state index in [1.54, 1.807) is 4.31 Å². The van der Waals surface area contributed by atoms with Crippen LogP contribution < -0.4 is 5.73 Å².